The van der Waals surface area contributed by atoms with Crippen LogP contribution < -0.4 is 15.4 Å². The molecule has 3 nitrogen and oxygen atoms in total. The van der Waals surface area contributed by atoms with Crippen LogP contribution in [0.4, 0.5) is 10.1 Å². The van der Waals surface area contributed by atoms with E-state index in [1.165, 1.54) is 12.1 Å². The first kappa shape index (κ1) is 12.2. The van der Waals surface area contributed by atoms with E-state index in [0.717, 1.165) is 18.0 Å². The normalized spacial score (nSPS) is 19.8. The molecule has 2 rings (SSSR count). The number of rotatable bonds is 2. The van der Waals surface area contributed by atoms with E-state index < -0.39 is 0 Å². The highest BCUT2D eigenvalue weighted by molar-refractivity contribution is 5.60. The van der Waals surface area contributed by atoms with E-state index in [2.05, 4.69) is 4.90 Å². The molecule has 0 radical (unpaired) electrons. The van der Waals surface area contributed by atoms with Crippen molar-refractivity contribution in [2.45, 2.75) is 32.4 Å². The summed E-state index contributed by atoms with van der Waals surface area (Å²) in [5.41, 5.74) is 6.51. The van der Waals surface area contributed by atoms with Crippen LogP contribution in [0.25, 0.3) is 0 Å². The summed E-state index contributed by atoms with van der Waals surface area (Å²) >= 11 is 0. The second-order valence-electron chi connectivity index (χ2n) is 5.41. The Bertz CT molecular complexity index is 414. The molecule has 17 heavy (non-hydrogen) atoms. The molecule has 0 bridgehead atoms. The zero-order chi connectivity index (χ0) is 12.6. The molecule has 94 valence electrons. The van der Waals surface area contributed by atoms with Gasteiger partial charge in [-0.2, -0.15) is 0 Å². The second kappa shape index (κ2) is 4.18. The zero-order valence-corrected chi connectivity index (χ0v) is 10.5. The van der Waals surface area contributed by atoms with Crippen molar-refractivity contribution in [3.05, 3.63) is 24.0 Å². The van der Waals surface area contributed by atoms with E-state index in [4.69, 9.17) is 10.5 Å². The molecule has 1 heterocycles. The fraction of sp³-hybridized carbons (Fsp3) is 0.538. The van der Waals surface area contributed by atoms with Crippen LogP contribution >= 0.6 is 0 Å². The van der Waals surface area contributed by atoms with Crippen LogP contribution in [0.15, 0.2) is 18.2 Å². The Labute approximate surface area is 101 Å². The molecule has 1 unspecified atom stereocenters. The molecule has 1 aliphatic rings. The van der Waals surface area contributed by atoms with Gasteiger partial charge in [0, 0.05) is 18.2 Å². The lowest BCUT2D eigenvalue weighted by Gasteiger charge is -2.38. The Hall–Kier alpha value is -1.29. The topological polar surface area (TPSA) is 38.5 Å². The third kappa shape index (κ3) is 2.88. The third-order valence-corrected chi connectivity index (χ3v) is 2.67. The maximum atomic E-state index is 13.3. The van der Waals surface area contributed by atoms with Gasteiger partial charge in [0.1, 0.15) is 17.7 Å². The van der Waals surface area contributed by atoms with Gasteiger partial charge in [0.25, 0.3) is 0 Å². The zero-order valence-electron chi connectivity index (χ0n) is 10.5. The molecule has 1 aromatic carbocycles. The molecule has 2 N–H and O–H groups in total. The summed E-state index contributed by atoms with van der Waals surface area (Å²) in [6.07, 6.45) is 0.0929. The molecule has 0 spiro atoms. The largest absolute Gasteiger partial charge is 0.487 e. The van der Waals surface area contributed by atoms with Crippen LogP contribution in [0.1, 0.15) is 20.8 Å². The number of hydrogen-bond donors (Lipinski definition) is 1. The quantitative estimate of drug-likeness (QED) is 0.858. The van der Waals surface area contributed by atoms with Crippen molar-refractivity contribution in [2.75, 3.05) is 18.0 Å². The van der Waals surface area contributed by atoms with Crippen molar-refractivity contribution in [1.82, 2.24) is 0 Å². The van der Waals surface area contributed by atoms with E-state index in [1.54, 1.807) is 6.07 Å². The van der Waals surface area contributed by atoms with Gasteiger partial charge in [0.2, 0.25) is 0 Å². The summed E-state index contributed by atoms with van der Waals surface area (Å²) in [7, 11) is 0. The molecule has 0 saturated heterocycles. The predicted octanol–water partition coefficient (Wildman–Crippen LogP) is 2.15. The molecule has 0 fully saturated rings. The Morgan fingerprint density at radius 3 is 2.88 bits per heavy atom. The highest BCUT2D eigenvalue weighted by Gasteiger charge is 2.26. The van der Waals surface area contributed by atoms with Gasteiger partial charge in [-0.3, -0.25) is 0 Å². The molecular weight excluding hydrogens is 219 g/mol. The molecule has 0 amide bonds. The van der Waals surface area contributed by atoms with Crippen LogP contribution in [0.2, 0.25) is 0 Å². The first-order valence-corrected chi connectivity index (χ1v) is 5.85. The summed E-state index contributed by atoms with van der Waals surface area (Å²) in [5, 5.41) is 0. The average molecular weight is 238 g/mol. The van der Waals surface area contributed by atoms with Crippen molar-refractivity contribution in [2.24, 2.45) is 5.73 Å². The highest BCUT2D eigenvalue weighted by Crippen LogP contribution is 2.34. The number of anilines is 1. The van der Waals surface area contributed by atoms with Gasteiger partial charge in [-0.25, -0.2) is 4.39 Å². The van der Waals surface area contributed by atoms with E-state index in [1.807, 2.05) is 20.8 Å². The predicted molar refractivity (Wildman–Crippen MR) is 67.0 cm³/mol. The molecule has 0 aromatic heterocycles. The van der Waals surface area contributed by atoms with Gasteiger partial charge < -0.3 is 15.4 Å². The van der Waals surface area contributed by atoms with Gasteiger partial charge in [0.15, 0.2) is 0 Å². The van der Waals surface area contributed by atoms with E-state index in [0.29, 0.717) is 6.54 Å². The minimum Gasteiger partial charge on any atom is -0.487 e. The van der Waals surface area contributed by atoms with Crippen LogP contribution in [0.3, 0.4) is 0 Å². The molecule has 1 aliphatic heterocycles. The van der Waals surface area contributed by atoms with E-state index in [-0.39, 0.29) is 17.5 Å². The number of fused-ring (bicyclic) bond motifs is 1. The molecular formula is C13H19FN2O. The van der Waals surface area contributed by atoms with Crippen LogP contribution in [-0.4, -0.2) is 24.7 Å². The fourth-order valence-corrected chi connectivity index (χ4v) is 2.14. The summed E-state index contributed by atoms with van der Waals surface area (Å²) in [4.78, 5) is 2.09. The number of halogens is 1. The molecule has 1 atom stereocenters. The lowest BCUT2D eigenvalue weighted by atomic mass is 10.0. The number of ether oxygens (including phenoxy) is 1. The monoisotopic (exact) mass is 238 g/mol. The molecule has 0 saturated carbocycles. The van der Waals surface area contributed by atoms with Gasteiger partial charge in [-0.15, -0.1) is 0 Å². The standard InChI is InChI=1S/C13H19FN2O/c1-9-7-16(8-13(2,3)15)11-6-10(14)4-5-12(11)17-9/h4-6,9H,7-8,15H2,1-3H3. The molecule has 0 aliphatic carbocycles. The summed E-state index contributed by atoms with van der Waals surface area (Å²) in [6.45, 7) is 7.34. The summed E-state index contributed by atoms with van der Waals surface area (Å²) < 4.78 is 19.0. The summed E-state index contributed by atoms with van der Waals surface area (Å²) in [6, 6.07) is 4.60. The Balaban J connectivity index is 2.32. The molecule has 4 heteroatoms. The molecule has 1 aromatic rings. The van der Waals surface area contributed by atoms with E-state index in [9.17, 15) is 4.39 Å². The van der Waals surface area contributed by atoms with Gasteiger partial charge in [-0.1, -0.05) is 0 Å². The number of benzene rings is 1. The summed E-state index contributed by atoms with van der Waals surface area (Å²) in [5.74, 6) is 0.483. The van der Waals surface area contributed by atoms with Crippen molar-refractivity contribution < 1.29 is 9.13 Å². The van der Waals surface area contributed by atoms with Crippen molar-refractivity contribution in [3.8, 4) is 5.75 Å². The lowest BCUT2D eigenvalue weighted by Crippen LogP contribution is -2.49. The van der Waals surface area contributed by atoms with Crippen LogP contribution in [0, 0.1) is 5.82 Å². The Kier molecular flexibility index (Phi) is 3.00. The maximum Gasteiger partial charge on any atom is 0.143 e. The van der Waals surface area contributed by atoms with Gasteiger partial charge >= 0.3 is 0 Å². The van der Waals surface area contributed by atoms with Crippen molar-refractivity contribution in [1.29, 1.82) is 0 Å². The minimum atomic E-state index is -0.319. The lowest BCUT2D eigenvalue weighted by molar-refractivity contribution is 0.209. The highest BCUT2D eigenvalue weighted by atomic mass is 19.1. The first-order chi connectivity index (χ1) is 7.85. The SMILES string of the molecule is CC1CN(CC(C)(C)N)c2cc(F)ccc2O1. The van der Waals surface area contributed by atoms with Crippen molar-refractivity contribution in [3.63, 3.8) is 0 Å². The van der Waals surface area contributed by atoms with Crippen LogP contribution in [-0.2, 0) is 0 Å². The maximum absolute atomic E-state index is 13.3. The van der Waals surface area contributed by atoms with Gasteiger partial charge in [0.05, 0.1) is 12.2 Å². The Morgan fingerprint density at radius 1 is 1.53 bits per heavy atom. The minimum absolute atomic E-state index is 0.0929. The number of nitrogens with zero attached hydrogens (tertiary/aromatic N) is 1. The van der Waals surface area contributed by atoms with Crippen LogP contribution in [0.5, 0.6) is 5.75 Å². The number of nitrogens with two attached hydrogens (primary N) is 1. The second-order valence-corrected chi connectivity index (χ2v) is 5.41. The fourth-order valence-electron chi connectivity index (χ4n) is 2.14. The van der Waals surface area contributed by atoms with E-state index >= 15 is 0 Å². The Morgan fingerprint density at radius 2 is 2.24 bits per heavy atom. The number of hydrogen-bond acceptors (Lipinski definition) is 3. The van der Waals surface area contributed by atoms with Gasteiger partial charge in [-0.05, 0) is 32.9 Å². The third-order valence-electron chi connectivity index (χ3n) is 2.67. The smallest absolute Gasteiger partial charge is 0.143 e. The average Bonchev–Trinajstić information content (AvgIpc) is 2.16. The first-order valence-electron chi connectivity index (χ1n) is 5.85. The van der Waals surface area contributed by atoms with Crippen molar-refractivity contribution >= 4 is 5.69 Å².